The van der Waals surface area contributed by atoms with E-state index in [1.54, 1.807) is 12.1 Å². The zero-order chi connectivity index (χ0) is 13.5. The first-order chi connectivity index (χ1) is 8.58. The molecule has 0 bridgehead atoms. The number of benzene rings is 1. The Balaban J connectivity index is 2.82. The molecule has 18 heavy (non-hydrogen) atoms. The van der Waals surface area contributed by atoms with E-state index in [4.69, 9.17) is 0 Å². The lowest BCUT2D eigenvalue weighted by Crippen LogP contribution is -2.27. The summed E-state index contributed by atoms with van der Waals surface area (Å²) in [5.41, 5.74) is 1.14. The molecular formula is C12H17N3O3. The zero-order valence-electron chi connectivity index (χ0n) is 10.5. The monoisotopic (exact) mass is 251 g/mol. The Kier molecular flexibility index (Phi) is 5.26. The average Bonchev–Trinajstić information content (AvgIpc) is 2.36. The van der Waals surface area contributed by atoms with Crippen LogP contribution in [0.3, 0.4) is 0 Å². The first-order valence-electron chi connectivity index (χ1n) is 5.86. The molecule has 0 aliphatic rings. The van der Waals surface area contributed by atoms with Crippen molar-refractivity contribution in [3.05, 3.63) is 33.9 Å². The number of likely N-dealkylation sites (N-methyl/N-ethyl adjacent to an activating group) is 1. The summed E-state index contributed by atoms with van der Waals surface area (Å²) in [5, 5.41) is 16.4. The van der Waals surface area contributed by atoms with E-state index in [0.29, 0.717) is 24.2 Å². The number of amides is 1. The van der Waals surface area contributed by atoms with Crippen molar-refractivity contribution in [3.63, 3.8) is 0 Å². The molecule has 0 fully saturated rings. The van der Waals surface area contributed by atoms with Crippen LogP contribution in [-0.4, -0.2) is 23.9 Å². The van der Waals surface area contributed by atoms with E-state index in [9.17, 15) is 14.9 Å². The van der Waals surface area contributed by atoms with Gasteiger partial charge in [-0.3, -0.25) is 14.9 Å². The molecule has 1 amide bonds. The van der Waals surface area contributed by atoms with Gasteiger partial charge in [-0.05, 0) is 19.0 Å². The zero-order valence-corrected chi connectivity index (χ0v) is 10.5. The Morgan fingerprint density at radius 1 is 1.39 bits per heavy atom. The summed E-state index contributed by atoms with van der Waals surface area (Å²) in [4.78, 5) is 21.9. The van der Waals surface area contributed by atoms with Crippen LogP contribution in [-0.2, 0) is 11.2 Å². The number of nitro groups is 1. The summed E-state index contributed by atoms with van der Waals surface area (Å²) in [6, 6.07) is 4.74. The fourth-order valence-electron chi connectivity index (χ4n) is 1.55. The predicted molar refractivity (Wildman–Crippen MR) is 69.6 cm³/mol. The lowest BCUT2D eigenvalue weighted by atomic mass is 10.1. The van der Waals surface area contributed by atoms with E-state index in [1.807, 2.05) is 13.8 Å². The van der Waals surface area contributed by atoms with Crippen LogP contribution in [0.5, 0.6) is 0 Å². The number of aryl methyl sites for hydroxylation is 1. The number of nitrogens with one attached hydrogen (secondary N) is 2. The number of anilines is 1. The first kappa shape index (κ1) is 14.1. The van der Waals surface area contributed by atoms with E-state index < -0.39 is 4.92 Å². The molecule has 0 aromatic heterocycles. The highest BCUT2D eigenvalue weighted by Gasteiger charge is 2.13. The smallest absolute Gasteiger partial charge is 0.274 e. The van der Waals surface area contributed by atoms with Crippen LogP contribution in [0.25, 0.3) is 0 Å². The highest BCUT2D eigenvalue weighted by molar-refractivity contribution is 5.92. The van der Waals surface area contributed by atoms with Gasteiger partial charge in [-0.1, -0.05) is 19.9 Å². The van der Waals surface area contributed by atoms with Gasteiger partial charge in [-0.2, -0.15) is 0 Å². The van der Waals surface area contributed by atoms with Crippen molar-refractivity contribution in [3.8, 4) is 0 Å². The van der Waals surface area contributed by atoms with Crippen LogP contribution in [0.1, 0.15) is 19.4 Å². The summed E-state index contributed by atoms with van der Waals surface area (Å²) in [6.45, 7) is 4.64. The molecule has 0 aliphatic carbocycles. The second-order valence-electron chi connectivity index (χ2n) is 3.78. The number of nitro benzene ring substituents is 1. The molecule has 0 heterocycles. The third-order valence-corrected chi connectivity index (χ3v) is 2.48. The Morgan fingerprint density at radius 2 is 2.11 bits per heavy atom. The minimum absolute atomic E-state index is 0.0405. The first-order valence-corrected chi connectivity index (χ1v) is 5.86. The molecule has 0 saturated carbocycles. The maximum Gasteiger partial charge on any atom is 0.274 e. The Labute approximate surface area is 106 Å². The van der Waals surface area contributed by atoms with Gasteiger partial charge in [0, 0.05) is 17.3 Å². The van der Waals surface area contributed by atoms with Crippen molar-refractivity contribution in [2.24, 2.45) is 0 Å². The van der Waals surface area contributed by atoms with Crippen molar-refractivity contribution >= 4 is 17.3 Å². The third kappa shape index (κ3) is 3.81. The Hall–Kier alpha value is -1.95. The van der Waals surface area contributed by atoms with Gasteiger partial charge in [-0.25, -0.2) is 0 Å². The molecule has 6 nitrogen and oxygen atoms in total. The summed E-state index contributed by atoms with van der Waals surface area (Å²) in [7, 11) is 0. The van der Waals surface area contributed by atoms with E-state index in [1.165, 1.54) is 6.07 Å². The Morgan fingerprint density at radius 3 is 2.67 bits per heavy atom. The second kappa shape index (κ2) is 6.70. The molecule has 0 aliphatic heterocycles. The van der Waals surface area contributed by atoms with Gasteiger partial charge < -0.3 is 10.6 Å². The number of hydrogen-bond acceptors (Lipinski definition) is 4. The van der Waals surface area contributed by atoms with E-state index in [2.05, 4.69) is 10.6 Å². The van der Waals surface area contributed by atoms with Gasteiger partial charge in [-0.15, -0.1) is 0 Å². The van der Waals surface area contributed by atoms with Gasteiger partial charge in [0.2, 0.25) is 5.91 Å². The van der Waals surface area contributed by atoms with Crippen molar-refractivity contribution in [1.82, 2.24) is 5.32 Å². The highest BCUT2D eigenvalue weighted by atomic mass is 16.6. The predicted octanol–water partition coefficient (Wildman–Crippen LogP) is 1.71. The molecule has 0 spiro atoms. The van der Waals surface area contributed by atoms with Crippen LogP contribution in [0, 0.1) is 10.1 Å². The maximum absolute atomic E-state index is 11.5. The van der Waals surface area contributed by atoms with E-state index >= 15 is 0 Å². The normalized spacial score (nSPS) is 10.1. The fourth-order valence-corrected chi connectivity index (χ4v) is 1.55. The number of carbonyl (C=O) groups excluding carboxylic acids is 1. The molecule has 98 valence electrons. The number of carbonyl (C=O) groups is 1. The number of nitrogens with zero attached hydrogens (tertiary/aromatic N) is 1. The molecular weight excluding hydrogens is 234 g/mol. The second-order valence-corrected chi connectivity index (χ2v) is 3.78. The minimum atomic E-state index is -0.432. The number of rotatable bonds is 6. The molecule has 0 unspecified atom stereocenters. The molecule has 1 rings (SSSR count). The minimum Gasteiger partial charge on any atom is -0.325 e. The lowest BCUT2D eigenvalue weighted by molar-refractivity contribution is -0.385. The van der Waals surface area contributed by atoms with Crippen LogP contribution in [0.2, 0.25) is 0 Å². The van der Waals surface area contributed by atoms with Crippen LogP contribution in [0.4, 0.5) is 11.4 Å². The molecule has 0 atom stereocenters. The maximum atomic E-state index is 11.5. The molecule has 0 radical (unpaired) electrons. The molecule has 1 aromatic rings. The lowest BCUT2D eigenvalue weighted by Gasteiger charge is -2.07. The standard InChI is InChI=1S/C12H17N3O3/c1-3-9-5-6-10(7-11(9)15(17)18)14-12(16)8-13-4-2/h5-7,13H,3-4,8H2,1-2H3,(H,14,16). The SMILES string of the molecule is CCNCC(=O)Nc1ccc(CC)c([N+](=O)[O-])c1. The van der Waals surface area contributed by atoms with Gasteiger partial charge in [0.05, 0.1) is 11.5 Å². The largest absolute Gasteiger partial charge is 0.325 e. The van der Waals surface area contributed by atoms with E-state index in [-0.39, 0.29) is 18.1 Å². The van der Waals surface area contributed by atoms with Crippen molar-refractivity contribution in [2.75, 3.05) is 18.4 Å². The van der Waals surface area contributed by atoms with Gasteiger partial charge >= 0.3 is 0 Å². The van der Waals surface area contributed by atoms with Gasteiger partial charge in [0.25, 0.3) is 5.69 Å². The van der Waals surface area contributed by atoms with Crippen molar-refractivity contribution in [2.45, 2.75) is 20.3 Å². The highest BCUT2D eigenvalue weighted by Crippen LogP contribution is 2.23. The quantitative estimate of drug-likeness (QED) is 0.595. The molecule has 1 aromatic carbocycles. The molecule has 0 saturated heterocycles. The van der Waals surface area contributed by atoms with E-state index in [0.717, 1.165) is 0 Å². The van der Waals surface area contributed by atoms with Crippen molar-refractivity contribution < 1.29 is 9.72 Å². The third-order valence-electron chi connectivity index (χ3n) is 2.48. The number of hydrogen-bond donors (Lipinski definition) is 2. The molecule has 2 N–H and O–H groups in total. The summed E-state index contributed by atoms with van der Waals surface area (Å²) < 4.78 is 0. The summed E-state index contributed by atoms with van der Waals surface area (Å²) in [6.07, 6.45) is 0.585. The van der Waals surface area contributed by atoms with Gasteiger partial charge in [0.15, 0.2) is 0 Å². The van der Waals surface area contributed by atoms with Crippen LogP contribution in [0.15, 0.2) is 18.2 Å². The topological polar surface area (TPSA) is 84.3 Å². The van der Waals surface area contributed by atoms with Crippen molar-refractivity contribution in [1.29, 1.82) is 0 Å². The van der Waals surface area contributed by atoms with Crippen LogP contribution < -0.4 is 10.6 Å². The van der Waals surface area contributed by atoms with Gasteiger partial charge in [0.1, 0.15) is 0 Å². The Bertz CT molecular complexity index is 446. The summed E-state index contributed by atoms with van der Waals surface area (Å²) in [5.74, 6) is -0.213. The average molecular weight is 251 g/mol. The summed E-state index contributed by atoms with van der Waals surface area (Å²) >= 11 is 0. The van der Waals surface area contributed by atoms with Crippen LogP contribution >= 0.6 is 0 Å². The molecule has 6 heteroatoms. The fraction of sp³-hybridized carbons (Fsp3) is 0.417.